The monoisotopic (exact) mass is 309 g/mol. The van der Waals surface area contributed by atoms with Crippen LogP contribution >= 0.6 is 39.1 Å². The fraction of sp³-hybridized carbons (Fsp3) is 0.300. The van der Waals surface area contributed by atoms with E-state index in [1.807, 2.05) is 6.92 Å². The fourth-order valence-corrected chi connectivity index (χ4v) is 2.22. The first kappa shape index (κ1) is 12.8. The topological polar surface area (TPSA) is 29.1 Å². The fourth-order valence-electron chi connectivity index (χ4n) is 1.11. The third-order valence-corrected chi connectivity index (χ3v) is 3.07. The first-order valence-electron chi connectivity index (χ1n) is 4.43. The van der Waals surface area contributed by atoms with E-state index in [-0.39, 0.29) is 5.91 Å². The molecule has 1 unspecified atom stereocenters. The predicted octanol–water partition coefficient (Wildman–Crippen LogP) is 3.52. The first-order valence-corrected chi connectivity index (χ1v) is 6.03. The van der Waals surface area contributed by atoms with E-state index in [2.05, 4.69) is 21.2 Å². The Kier molecular flexibility index (Phi) is 4.90. The Morgan fingerprint density at radius 1 is 1.60 bits per heavy atom. The Balaban J connectivity index is 2.91. The van der Waals surface area contributed by atoms with Crippen molar-refractivity contribution in [2.75, 3.05) is 6.54 Å². The van der Waals surface area contributed by atoms with Crippen LogP contribution in [0.2, 0.25) is 5.02 Å². The summed E-state index contributed by atoms with van der Waals surface area (Å²) in [5.74, 6) is -0.233. The molecule has 1 rings (SSSR count). The van der Waals surface area contributed by atoms with Gasteiger partial charge in [0.25, 0.3) is 0 Å². The number of alkyl halides is 1. The van der Waals surface area contributed by atoms with Crippen molar-refractivity contribution in [3.8, 4) is 0 Å². The standard InChI is InChI=1S/C10H10BrCl2NO/c1-2-14-10(15)9(13)7-4-3-6(11)5-8(7)12/h3-5,9H,2H2,1H3,(H,14,15). The first-order chi connectivity index (χ1) is 7.06. The van der Waals surface area contributed by atoms with E-state index in [0.29, 0.717) is 17.1 Å². The van der Waals surface area contributed by atoms with E-state index in [1.165, 1.54) is 0 Å². The summed E-state index contributed by atoms with van der Waals surface area (Å²) in [6, 6.07) is 5.25. The highest BCUT2D eigenvalue weighted by molar-refractivity contribution is 9.10. The minimum atomic E-state index is -0.745. The number of halogens is 3. The normalized spacial score (nSPS) is 12.3. The number of hydrogen-bond donors (Lipinski definition) is 1. The van der Waals surface area contributed by atoms with Gasteiger partial charge < -0.3 is 5.32 Å². The molecular weight excluding hydrogens is 301 g/mol. The van der Waals surface area contributed by atoms with Gasteiger partial charge >= 0.3 is 0 Å². The summed E-state index contributed by atoms with van der Waals surface area (Å²) < 4.78 is 0.857. The lowest BCUT2D eigenvalue weighted by Gasteiger charge is -2.11. The lowest BCUT2D eigenvalue weighted by atomic mass is 10.1. The van der Waals surface area contributed by atoms with Gasteiger partial charge in [0.05, 0.1) is 0 Å². The second kappa shape index (κ2) is 5.73. The average molecular weight is 311 g/mol. The van der Waals surface area contributed by atoms with E-state index >= 15 is 0 Å². The molecule has 2 nitrogen and oxygen atoms in total. The van der Waals surface area contributed by atoms with Crippen molar-refractivity contribution < 1.29 is 4.79 Å². The Bertz CT molecular complexity index is 370. The van der Waals surface area contributed by atoms with Gasteiger partial charge in [-0.25, -0.2) is 0 Å². The zero-order chi connectivity index (χ0) is 11.4. The van der Waals surface area contributed by atoms with E-state index in [0.717, 1.165) is 4.47 Å². The average Bonchev–Trinajstić information content (AvgIpc) is 2.17. The van der Waals surface area contributed by atoms with Crippen molar-refractivity contribution in [3.05, 3.63) is 33.3 Å². The number of amides is 1. The molecule has 82 valence electrons. The highest BCUT2D eigenvalue weighted by Gasteiger charge is 2.19. The van der Waals surface area contributed by atoms with Crippen LogP contribution in [0.3, 0.4) is 0 Å². The van der Waals surface area contributed by atoms with E-state index in [9.17, 15) is 4.79 Å². The summed E-state index contributed by atoms with van der Waals surface area (Å²) in [5, 5.41) is 2.38. The summed E-state index contributed by atoms with van der Waals surface area (Å²) >= 11 is 15.2. The molecule has 0 aliphatic heterocycles. The van der Waals surface area contributed by atoms with Crippen LogP contribution in [0.25, 0.3) is 0 Å². The Morgan fingerprint density at radius 3 is 2.80 bits per heavy atom. The van der Waals surface area contributed by atoms with Gasteiger partial charge in [0, 0.05) is 16.0 Å². The van der Waals surface area contributed by atoms with Crippen LogP contribution in [0.15, 0.2) is 22.7 Å². The molecule has 1 aromatic rings. The molecule has 0 spiro atoms. The largest absolute Gasteiger partial charge is 0.355 e. The molecule has 1 amide bonds. The van der Waals surface area contributed by atoms with Crippen LogP contribution in [0.5, 0.6) is 0 Å². The number of carbonyl (C=O) groups excluding carboxylic acids is 1. The van der Waals surface area contributed by atoms with Crippen LogP contribution in [0, 0.1) is 0 Å². The minimum absolute atomic E-state index is 0.233. The lowest BCUT2D eigenvalue weighted by molar-refractivity contribution is -0.120. The van der Waals surface area contributed by atoms with Gasteiger partial charge in [0.2, 0.25) is 5.91 Å². The van der Waals surface area contributed by atoms with Crippen LogP contribution in [0.1, 0.15) is 17.9 Å². The molecule has 0 radical (unpaired) electrons. The molecule has 1 N–H and O–H groups in total. The van der Waals surface area contributed by atoms with Crippen molar-refractivity contribution in [2.45, 2.75) is 12.3 Å². The van der Waals surface area contributed by atoms with Crippen molar-refractivity contribution in [2.24, 2.45) is 0 Å². The van der Waals surface area contributed by atoms with Gasteiger partial charge in [-0.3, -0.25) is 4.79 Å². The number of benzene rings is 1. The van der Waals surface area contributed by atoms with Gasteiger partial charge in [0.15, 0.2) is 0 Å². The van der Waals surface area contributed by atoms with Crippen molar-refractivity contribution in [3.63, 3.8) is 0 Å². The summed E-state index contributed by atoms with van der Waals surface area (Å²) in [5.41, 5.74) is 0.618. The summed E-state index contributed by atoms with van der Waals surface area (Å²) in [4.78, 5) is 11.5. The molecule has 5 heteroatoms. The SMILES string of the molecule is CCNC(=O)C(Cl)c1ccc(Br)cc1Cl. The molecule has 0 fully saturated rings. The second-order valence-corrected chi connectivity index (χ2v) is 4.68. The number of likely N-dealkylation sites (N-methyl/N-ethyl adjacent to an activating group) is 1. The second-order valence-electron chi connectivity index (χ2n) is 2.92. The number of carbonyl (C=O) groups is 1. The molecule has 1 aromatic carbocycles. The van der Waals surface area contributed by atoms with Gasteiger partial charge in [-0.1, -0.05) is 33.6 Å². The molecule has 0 saturated heterocycles. The number of rotatable bonds is 3. The summed E-state index contributed by atoms with van der Waals surface area (Å²) in [6.45, 7) is 2.39. The predicted molar refractivity (Wildman–Crippen MR) is 66.4 cm³/mol. The Labute approximate surface area is 107 Å². The van der Waals surface area contributed by atoms with Gasteiger partial charge in [0.1, 0.15) is 5.38 Å². The van der Waals surface area contributed by atoms with Crippen molar-refractivity contribution >= 4 is 45.0 Å². The third-order valence-electron chi connectivity index (χ3n) is 1.82. The maximum Gasteiger partial charge on any atom is 0.242 e. The van der Waals surface area contributed by atoms with Crippen LogP contribution in [0.4, 0.5) is 0 Å². The Morgan fingerprint density at radius 2 is 2.27 bits per heavy atom. The Hall–Kier alpha value is -0.250. The zero-order valence-electron chi connectivity index (χ0n) is 8.06. The van der Waals surface area contributed by atoms with E-state index in [4.69, 9.17) is 23.2 Å². The third kappa shape index (κ3) is 3.37. The zero-order valence-corrected chi connectivity index (χ0v) is 11.2. The molecule has 0 aliphatic carbocycles. The molecule has 0 aromatic heterocycles. The highest BCUT2D eigenvalue weighted by Crippen LogP contribution is 2.30. The number of nitrogens with one attached hydrogen (secondary N) is 1. The highest BCUT2D eigenvalue weighted by atomic mass is 79.9. The van der Waals surface area contributed by atoms with Gasteiger partial charge in [-0.2, -0.15) is 0 Å². The van der Waals surface area contributed by atoms with Crippen molar-refractivity contribution in [1.82, 2.24) is 5.32 Å². The molecule has 0 saturated carbocycles. The molecule has 1 atom stereocenters. The molecule has 0 bridgehead atoms. The smallest absolute Gasteiger partial charge is 0.242 e. The molecule has 0 heterocycles. The van der Waals surface area contributed by atoms with Crippen LogP contribution < -0.4 is 5.32 Å². The van der Waals surface area contributed by atoms with E-state index < -0.39 is 5.38 Å². The lowest BCUT2D eigenvalue weighted by Crippen LogP contribution is -2.26. The summed E-state index contributed by atoms with van der Waals surface area (Å²) in [6.07, 6.45) is 0. The minimum Gasteiger partial charge on any atom is -0.355 e. The number of hydrogen-bond acceptors (Lipinski definition) is 1. The van der Waals surface area contributed by atoms with Gasteiger partial charge in [-0.05, 0) is 24.6 Å². The van der Waals surface area contributed by atoms with Crippen LogP contribution in [-0.2, 0) is 4.79 Å². The van der Waals surface area contributed by atoms with Crippen LogP contribution in [-0.4, -0.2) is 12.5 Å². The maximum absolute atomic E-state index is 11.5. The molecular formula is C10H10BrCl2NO. The summed E-state index contributed by atoms with van der Waals surface area (Å²) in [7, 11) is 0. The quantitative estimate of drug-likeness (QED) is 0.850. The molecule has 0 aliphatic rings. The van der Waals surface area contributed by atoms with E-state index in [1.54, 1.807) is 18.2 Å². The molecule has 15 heavy (non-hydrogen) atoms. The van der Waals surface area contributed by atoms with Crippen molar-refractivity contribution in [1.29, 1.82) is 0 Å². The maximum atomic E-state index is 11.5. The van der Waals surface area contributed by atoms with Gasteiger partial charge in [-0.15, -0.1) is 11.6 Å².